The van der Waals surface area contributed by atoms with Crippen molar-refractivity contribution in [1.29, 1.82) is 0 Å². The number of ether oxygens (including phenoxy) is 1. The van der Waals surface area contributed by atoms with E-state index >= 15 is 0 Å². The molecular weight excluding hydrogens is 340 g/mol. The van der Waals surface area contributed by atoms with E-state index in [1.54, 1.807) is 12.1 Å². The summed E-state index contributed by atoms with van der Waals surface area (Å²) in [4.78, 5) is 16.6. The van der Waals surface area contributed by atoms with Gasteiger partial charge in [0.15, 0.2) is 6.61 Å². The number of rotatable bonds is 6. The van der Waals surface area contributed by atoms with E-state index in [-0.39, 0.29) is 24.4 Å². The van der Waals surface area contributed by atoms with E-state index in [2.05, 4.69) is 10.1 Å². The molecule has 128 valence electrons. The predicted octanol–water partition coefficient (Wildman–Crippen LogP) is 4.63. The fourth-order valence-electron chi connectivity index (χ4n) is 2.52. The van der Waals surface area contributed by atoms with Crippen molar-refractivity contribution in [3.8, 4) is 11.4 Å². The van der Waals surface area contributed by atoms with Gasteiger partial charge in [-0.05, 0) is 24.1 Å². The first-order valence-corrected chi connectivity index (χ1v) is 8.36. The largest absolute Gasteiger partial charge is 0.455 e. The molecule has 3 aromatic rings. The van der Waals surface area contributed by atoms with Gasteiger partial charge < -0.3 is 9.26 Å². The summed E-state index contributed by atoms with van der Waals surface area (Å²) in [5, 5.41) is 4.42. The molecule has 0 bridgehead atoms. The number of hydrogen-bond donors (Lipinski definition) is 0. The first-order valence-electron chi connectivity index (χ1n) is 7.98. The summed E-state index contributed by atoms with van der Waals surface area (Å²) in [6.07, 6.45) is 0.650. The van der Waals surface area contributed by atoms with Gasteiger partial charge in [0, 0.05) is 5.56 Å². The Labute approximate surface area is 150 Å². The van der Waals surface area contributed by atoms with Crippen LogP contribution < -0.4 is 0 Å². The average Bonchev–Trinajstić information content (AvgIpc) is 3.11. The lowest BCUT2D eigenvalue weighted by Gasteiger charge is -2.13. The summed E-state index contributed by atoms with van der Waals surface area (Å²) < 4.78 is 10.5. The molecule has 1 aromatic heterocycles. The third-order valence-electron chi connectivity index (χ3n) is 3.82. The SMILES string of the molecule is CC[C@@H](C(=O)OCc1nc(-c2ccccc2Cl)no1)c1ccccc1. The molecule has 0 saturated heterocycles. The average molecular weight is 357 g/mol. The summed E-state index contributed by atoms with van der Waals surface area (Å²) in [5.74, 6) is -0.0312. The molecule has 0 unspecified atom stereocenters. The number of carbonyl (C=O) groups is 1. The van der Waals surface area contributed by atoms with E-state index in [9.17, 15) is 4.79 Å². The van der Waals surface area contributed by atoms with Crippen LogP contribution in [0.3, 0.4) is 0 Å². The second-order valence-corrected chi connectivity index (χ2v) is 5.88. The van der Waals surface area contributed by atoms with Crippen LogP contribution in [0, 0.1) is 0 Å². The molecule has 0 fully saturated rings. The second kappa shape index (κ2) is 7.94. The summed E-state index contributed by atoms with van der Waals surface area (Å²) >= 11 is 6.12. The molecule has 0 radical (unpaired) electrons. The molecule has 0 aliphatic heterocycles. The van der Waals surface area contributed by atoms with Gasteiger partial charge in [-0.15, -0.1) is 0 Å². The molecular formula is C19H17ClN2O3. The molecule has 6 heteroatoms. The Morgan fingerprint density at radius 2 is 1.88 bits per heavy atom. The van der Waals surface area contributed by atoms with Crippen molar-refractivity contribution in [2.24, 2.45) is 0 Å². The lowest BCUT2D eigenvalue weighted by atomic mass is 9.97. The Bertz CT molecular complexity index is 849. The predicted molar refractivity (Wildman–Crippen MR) is 94.0 cm³/mol. The first-order chi connectivity index (χ1) is 12.2. The van der Waals surface area contributed by atoms with Gasteiger partial charge in [-0.1, -0.05) is 66.1 Å². The zero-order chi connectivity index (χ0) is 17.6. The van der Waals surface area contributed by atoms with E-state index in [1.165, 1.54) is 0 Å². The van der Waals surface area contributed by atoms with Crippen molar-refractivity contribution >= 4 is 17.6 Å². The normalized spacial score (nSPS) is 11.9. The maximum absolute atomic E-state index is 12.3. The molecule has 0 amide bonds. The van der Waals surface area contributed by atoms with Crippen LogP contribution in [-0.4, -0.2) is 16.1 Å². The Balaban J connectivity index is 1.66. The quantitative estimate of drug-likeness (QED) is 0.602. The highest BCUT2D eigenvalue weighted by Gasteiger charge is 2.21. The Morgan fingerprint density at radius 1 is 1.16 bits per heavy atom. The minimum atomic E-state index is -0.314. The summed E-state index contributed by atoms with van der Waals surface area (Å²) in [6, 6.07) is 16.8. The Morgan fingerprint density at radius 3 is 2.60 bits per heavy atom. The smallest absolute Gasteiger partial charge is 0.313 e. The van der Waals surface area contributed by atoms with Gasteiger partial charge in [-0.2, -0.15) is 4.98 Å². The van der Waals surface area contributed by atoms with E-state index in [0.717, 1.165) is 5.56 Å². The minimum absolute atomic E-state index is 0.0698. The summed E-state index contributed by atoms with van der Waals surface area (Å²) in [7, 11) is 0. The van der Waals surface area contributed by atoms with E-state index in [1.807, 2.05) is 49.4 Å². The van der Waals surface area contributed by atoms with Gasteiger partial charge in [0.2, 0.25) is 5.82 Å². The van der Waals surface area contributed by atoms with Crippen molar-refractivity contribution in [2.75, 3.05) is 0 Å². The fourth-order valence-corrected chi connectivity index (χ4v) is 2.74. The van der Waals surface area contributed by atoms with Gasteiger partial charge in [0.25, 0.3) is 5.89 Å². The van der Waals surface area contributed by atoms with E-state index < -0.39 is 0 Å². The first kappa shape index (κ1) is 17.2. The van der Waals surface area contributed by atoms with Crippen molar-refractivity contribution in [3.05, 3.63) is 71.1 Å². The lowest BCUT2D eigenvalue weighted by molar-refractivity contribution is -0.147. The molecule has 1 heterocycles. The van der Waals surface area contributed by atoms with Crippen LogP contribution in [0.15, 0.2) is 59.1 Å². The molecule has 25 heavy (non-hydrogen) atoms. The molecule has 0 N–H and O–H groups in total. The second-order valence-electron chi connectivity index (χ2n) is 5.47. The highest BCUT2D eigenvalue weighted by atomic mass is 35.5. The maximum Gasteiger partial charge on any atom is 0.313 e. The van der Waals surface area contributed by atoms with E-state index in [0.29, 0.717) is 22.8 Å². The Kier molecular flexibility index (Phi) is 5.46. The van der Waals surface area contributed by atoms with Crippen LogP contribution in [-0.2, 0) is 16.1 Å². The minimum Gasteiger partial charge on any atom is -0.455 e. The number of benzene rings is 2. The Hall–Kier alpha value is -2.66. The highest BCUT2D eigenvalue weighted by Crippen LogP contribution is 2.25. The van der Waals surface area contributed by atoms with Crippen molar-refractivity contribution < 1.29 is 14.1 Å². The van der Waals surface area contributed by atoms with Crippen molar-refractivity contribution in [3.63, 3.8) is 0 Å². The molecule has 5 nitrogen and oxygen atoms in total. The van der Waals surface area contributed by atoms with Crippen LogP contribution >= 0.6 is 11.6 Å². The summed E-state index contributed by atoms with van der Waals surface area (Å²) in [6.45, 7) is 1.88. The number of halogens is 1. The third-order valence-corrected chi connectivity index (χ3v) is 4.15. The number of nitrogens with zero attached hydrogens (tertiary/aromatic N) is 2. The monoisotopic (exact) mass is 356 g/mol. The van der Waals surface area contributed by atoms with Crippen molar-refractivity contribution in [2.45, 2.75) is 25.9 Å². The molecule has 2 aromatic carbocycles. The zero-order valence-electron chi connectivity index (χ0n) is 13.7. The van der Waals surface area contributed by atoms with Crippen LogP contribution in [0.4, 0.5) is 0 Å². The van der Waals surface area contributed by atoms with E-state index in [4.69, 9.17) is 20.9 Å². The molecule has 0 saturated carbocycles. The lowest BCUT2D eigenvalue weighted by Crippen LogP contribution is -2.15. The fraction of sp³-hybridized carbons (Fsp3) is 0.211. The third kappa shape index (κ3) is 4.06. The maximum atomic E-state index is 12.3. The van der Waals surface area contributed by atoms with Crippen molar-refractivity contribution in [1.82, 2.24) is 10.1 Å². The standard InChI is InChI=1S/C19H17ClN2O3/c1-2-14(13-8-4-3-5-9-13)19(23)24-12-17-21-18(22-25-17)15-10-6-7-11-16(15)20/h3-11,14H,2,12H2,1H3/t14-/m1/s1. The van der Waals surface area contributed by atoms with Gasteiger partial charge in [0.1, 0.15) is 0 Å². The van der Waals surface area contributed by atoms with Gasteiger partial charge >= 0.3 is 5.97 Å². The molecule has 3 rings (SSSR count). The number of carbonyl (C=O) groups excluding carboxylic acids is 1. The van der Waals surface area contributed by atoms with Crippen LogP contribution in [0.2, 0.25) is 5.02 Å². The molecule has 0 aliphatic carbocycles. The van der Waals surface area contributed by atoms with Crippen LogP contribution in [0.25, 0.3) is 11.4 Å². The van der Waals surface area contributed by atoms with Crippen LogP contribution in [0.5, 0.6) is 0 Å². The van der Waals surface area contributed by atoms with Gasteiger partial charge in [-0.25, -0.2) is 0 Å². The van der Waals surface area contributed by atoms with Crippen LogP contribution in [0.1, 0.15) is 30.7 Å². The molecule has 1 atom stereocenters. The number of esters is 1. The zero-order valence-corrected chi connectivity index (χ0v) is 14.4. The molecule has 0 spiro atoms. The topological polar surface area (TPSA) is 65.2 Å². The summed E-state index contributed by atoms with van der Waals surface area (Å²) in [5.41, 5.74) is 1.60. The van der Waals surface area contributed by atoms with Gasteiger partial charge in [0.05, 0.1) is 10.9 Å². The van der Waals surface area contributed by atoms with Gasteiger partial charge in [-0.3, -0.25) is 4.79 Å². The molecule has 0 aliphatic rings. The number of hydrogen-bond acceptors (Lipinski definition) is 5. The highest BCUT2D eigenvalue weighted by molar-refractivity contribution is 6.33. The number of aromatic nitrogens is 2.